The number of rotatable bonds is 7. The highest BCUT2D eigenvalue weighted by molar-refractivity contribution is 9.11. The van der Waals surface area contributed by atoms with Crippen LogP contribution in [0.1, 0.15) is 33.9 Å². The summed E-state index contributed by atoms with van der Waals surface area (Å²) in [6.45, 7) is 2.82. The van der Waals surface area contributed by atoms with E-state index in [2.05, 4.69) is 41.5 Å². The number of anilines is 1. The summed E-state index contributed by atoms with van der Waals surface area (Å²) in [5.74, 6) is -1.11. The van der Waals surface area contributed by atoms with Gasteiger partial charge in [-0.05, 0) is 66.0 Å². The van der Waals surface area contributed by atoms with Crippen LogP contribution in [0.25, 0.3) is 16.9 Å². The van der Waals surface area contributed by atoms with E-state index in [1.54, 1.807) is 26.7 Å². The number of thiazole rings is 1. The minimum Gasteiger partial charge on any atom is -0.325 e. The molecule has 5 aromatic rings. The number of carbonyl (C=O) groups excluding carboxylic acids is 2. The van der Waals surface area contributed by atoms with E-state index in [9.17, 15) is 14.0 Å². The fourth-order valence-corrected chi connectivity index (χ4v) is 6.47. The smallest absolute Gasteiger partial charge is 0.273 e. The third kappa shape index (κ3) is 5.55. The Bertz CT molecular complexity index is 1730. The van der Waals surface area contributed by atoms with Crippen LogP contribution in [0.3, 0.4) is 0 Å². The number of hydrogen-bond donors (Lipinski definition) is 1. The number of benzene rings is 2. The largest absolute Gasteiger partial charge is 0.325 e. The molecule has 0 saturated carbocycles. The van der Waals surface area contributed by atoms with Gasteiger partial charge in [0.05, 0.1) is 31.0 Å². The maximum atomic E-state index is 14.8. The zero-order valence-corrected chi connectivity index (χ0v) is 24.3. The highest BCUT2D eigenvalue weighted by atomic mass is 79.9. The number of amides is 2. The SMILES string of the molecule is Cc1sc(Br)nc1Cn1cc(-c2cc(NC(=O)C3CCCN3C(=O)c3cncn3-c3ccccc3)ccc2F)nn1. The van der Waals surface area contributed by atoms with Crippen molar-refractivity contribution in [3.8, 4) is 16.9 Å². The molecule has 1 aliphatic heterocycles. The molecular formula is C28H24BrFN8O2S. The zero-order chi connectivity index (χ0) is 28.5. The summed E-state index contributed by atoms with van der Waals surface area (Å²) in [5, 5.41) is 11.1. The zero-order valence-electron chi connectivity index (χ0n) is 21.9. The minimum absolute atomic E-state index is 0.205. The molecule has 1 aliphatic rings. The first-order valence-corrected chi connectivity index (χ1v) is 14.5. The van der Waals surface area contributed by atoms with Crippen LogP contribution < -0.4 is 5.32 Å². The molecule has 1 saturated heterocycles. The first kappa shape index (κ1) is 27.0. The monoisotopic (exact) mass is 634 g/mol. The van der Waals surface area contributed by atoms with Crippen molar-refractivity contribution < 1.29 is 14.0 Å². The van der Waals surface area contributed by atoms with Crippen molar-refractivity contribution in [3.63, 3.8) is 0 Å². The van der Waals surface area contributed by atoms with E-state index in [0.29, 0.717) is 43.0 Å². The summed E-state index contributed by atoms with van der Waals surface area (Å²) >= 11 is 4.91. The molecule has 4 heterocycles. The second kappa shape index (κ2) is 11.3. The van der Waals surface area contributed by atoms with Crippen LogP contribution in [0.15, 0.2) is 71.2 Å². The fourth-order valence-electron chi connectivity index (χ4n) is 4.89. The van der Waals surface area contributed by atoms with Gasteiger partial charge in [0.25, 0.3) is 5.91 Å². The Morgan fingerprint density at radius 2 is 2.02 bits per heavy atom. The number of nitrogens with one attached hydrogen (secondary N) is 1. The number of hydrogen-bond acceptors (Lipinski definition) is 7. The Morgan fingerprint density at radius 3 is 2.80 bits per heavy atom. The van der Waals surface area contributed by atoms with Gasteiger partial charge in [0, 0.05) is 28.4 Å². The lowest BCUT2D eigenvalue weighted by Crippen LogP contribution is -2.43. The molecule has 2 aromatic carbocycles. The van der Waals surface area contributed by atoms with Gasteiger partial charge < -0.3 is 10.2 Å². The summed E-state index contributed by atoms with van der Waals surface area (Å²) in [7, 11) is 0. The average Bonchev–Trinajstić information content (AvgIpc) is 3.78. The van der Waals surface area contributed by atoms with Crippen molar-refractivity contribution in [3.05, 3.63) is 93.3 Å². The van der Waals surface area contributed by atoms with Gasteiger partial charge in [-0.2, -0.15) is 0 Å². The summed E-state index contributed by atoms with van der Waals surface area (Å²) in [4.78, 5) is 38.1. The number of aryl methyl sites for hydroxylation is 1. The molecule has 6 rings (SSSR count). The van der Waals surface area contributed by atoms with E-state index in [4.69, 9.17) is 0 Å². The van der Waals surface area contributed by atoms with Crippen molar-refractivity contribution >= 4 is 44.8 Å². The Balaban J connectivity index is 1.18. The number of aromatic nitrogens is 6. The van der Waals surface area contributed by atoms with E-state index in [-0.39, 0.29) is 17.4 Å². The second-order valence-electron chi connectivity index (χ2n) is 9.60. The van der Waals surface area contributed by atoms with Gasteiger partial charge in [0.15, 0.2) is 3.92 Å². The van der Waals surface area contributed by atoms with Crippen LogP contribution in [-0.4, -0.2) is 58.8 Å². The van der Waals surface area contributed by atoms with Gasteiger partial charge in [-0.15, -0.1) is 16.4 Å². The maximum absolute atomic E-state index is 14.8. The molecule has 1 fully saturated rings. The number of para-hydroxylation sites is 1. The highest BCUT2D eigenvalue weighted by Crippen LogP contribution is 2.28. The molecule has 1 atom stereocenters. The van der Waals surface area contributed by atoms with Crippen molar-refractivity contribution in [2.24, 2.45) is 0 Å². The third-order valence-corrected chi connectivity index (χ3v) is 8.40. The molecule has 1 N–H and O–H groups in total. The van der Waals surface area contributed by atoms with Gasteiger partial charge in [-0.3, -0.25) is 14.2 Å². The predicted molar refractivity (Wildman–Crippen MR) is 155 cm³/mol. The molecular weight excluding hydrogens is 611 g/mol. The van der Waals surface area contributed by atoms with E-state index in [1.807, 2.05) is 37.3 Å². The maximum Gasteiger partial charge on any atom is 0.273 e. The molecule has 0 radical (unpaired) electrons. The van der Waals surface area contributed by atoms with Crippen LogP contribution in [0.4, 0.5) is 10.1 Å². The summed E-state index contributed by atoms with van der Waals surface area (Å²) in [6.07, 6.45) is 5.95. The molecule has 208 valence electrons. The van der Waals surface area contributed by atoms with Crippen LogP contribution in [-0.2, 0) is 11.3 Å². The van der Waals surface area contributed by atoms with Crippen molar-refractivity contribution in [1.82, 2.24) is 34.4 Å². The lowest BCUT2D eigenvalue weighted by Gasteiger charge is -2.24. The predicted octanol–water partition coefficient (Wildman–Crippen LogP) is 5.09. The molecule has 13 heteroatoms. The number of halogens is 2. The normalized spacial score (nSPS) is 14.9. The number of imidazole rings is 1. The molecule has 41 heavy (non-hydrogen) atoms. The van der Waals surface area contributed by atoms with E-state index < -0.39 is 11.9 Å². The van der Waals surface area contributed by atoms with Crippen LogP contribution in [0, 0.1) is 12.7 Å². The fraction of sp³-hybridized carbons (Fsp3) is 0.214. The Kier molecular flexibility index (Phi) is 7.45. The van der Waals surface area contributed by atoms with Crippen LogP contribution in [0.5, 0.6) is 0 Å². The van der Waals surface area contributed by atoms with Crippen LogP contribution >= 0.6 is 27.3 Å². The summed E-state index contributed by atoms with van der Waals surface area (Å²) < 4.78 is 18.9. The van der Waals surface area contributed by atoms with Crippen molar-refractivity contribution in [1.29, 1.82) is 0 Å². The topological polar surface area (TPSA) is 111 Å². The lowest BCUT2D eigenvalue weighted by atomic mass is 10.1. The number of carbonyl (C=O) groups is 2. The minimum atomic E-state index is -0.670. The van der Waals surface area contributed by atoms with Crippen LogP contribution in [0.2, 0.25) is 0 Å². The third-order valence-electron chi connectivity index (χ3n) is 6.94. The number of likely N-dealkylation sites (tertiary alicyclic amines) is 1. The lowest BCUT2D eigenvalue weighted by molar-refractivity contribution is -0.119. The summed E-state index contributed by atoms with van der Waals surface area (Å²) in [5.41, 5.74) is 2.96. The molecule has 0 bridgehead atoms. The first-order valence-electron chi connectivity index (χ1n) is 12.9. The van der Waals surface area contributed by atoms with E-state index >= 15 is 0 Å². The standard InChI is InChI=1S/C28H24BrFN8O2S/c1-17-22(33-28(29)41-17)14-36-15-23(34-35-36)20-12-18(9-10-21(20)30)32-26(39)24-8-5-11-37(24)27(40)25-13-31-16-38(25)19-6-3-2-4-7-19/h2-4,6-7,9-10,12-13,15-16,24H,5,8,11,14H2,1H3,(H,32,39). The van der Waals surface area contributed by atoms with E-state index in [1.165, 1.54) is 35.7 Å². The molecule has 1 unspecified atom stereocenters. The second-order valence-corrected chi connectivity index (χ2v) is 12.1. The van der Waals surface area contributed by atoms with Gasteiger partial charge in [-0.25, -0.2) is 19.0 Å². The van der Waals surface area contributed by atoms with E-state index in [0.717, 1.165) is 20.2 Å². The molecule has 0 aliphatic carbocycles. The summed E-state index contributed by atoms with van der Waals surface area (Å²) in [6, 6.07) is 13.1. The van der Waals surface area contributed by atoms with Gasteiger partial charge in [0.2, 0.25) is 5.91 Å². The average molecular weight is 636 g/mol. The van der Waals surface area contributed by atoms with Gasteiger partial charge in [0.1, 0.15) is 23.2 Å². The highest BCUT2D eigenvalue weighted by Gasteiger charge is 2.36. The Hall–Kier alpha value is -4.23. The quantitative estimate of drug-likeness (QED) is 0.267. The van der Waals surface area contributed by atoms with Crippen molar-refractivity contribution in [2.75, 3.05) is 11.9 Å². The van der Waals surface area contributed by atoms with Gasteiger partial charge in [-0.1, -0.05) is 23.4 Å². The Morgan fingerprint density at radius 1 is 1.20 bits per heavy atom. The van der Waals surface area contributed by atoms with Gasteiger partial charge >= 0.3 is 0 Å². The first-order chi connectivity index (χ1) is 19.9. The molecule has 0 spiro atoms. The molecule has 3 aromatic heterocycles. The Labute approximate surface area is 247 Å². The molecule has 2 amide bonds. The van der Waals surface area contributed by atoms with Crippen molar-refractivity contribution in [2.45, 2.75) is 32.4 Å². The number of nitrogens with zero attached hydrogens (tertiary/aromatic N) is 7. The molecule has 10 nitrogen and oxygen atoms in total.